The second-order valence-corrected chi connectivity index (χ2v) is 8.18. The molecule has 0 saturated carbocycles. The average molecular weight is 435 g/mol. The molecular formula is C22H17N3O7. The lowest BCUT2D eigenvalue weighted by molar-refractivity contribution is -0.385. The number of nitro groups is 1. The molecule has 0 fully saturated rings. The molecule has 0 aliphatic heterocycles. The molecule has 1 heterocycles. The summed E-state index contributed by atoms with van der Waals surface area (Å²) in [5.41, 5.74) is -1.98. The van der Waals surface area contributed by atoms with Gasteiger partial charge in [0.05, 0.1) is 4.92 Å². The number of benzene rings is 2. The highest BCUT2D eigenvalue weighted by atomic mass is 16.6. The van der Waals surface area contributed by atoms with Crippen molar-refractivity contribution < 1.29 is 28.6 Å². The van der Waals surface area contributed by atoms with Crippen molar-refractivity contribution in [1.29, 1.82) is 0 Å². The second-order valence-electron chi connectivity index (χ2n) is 8.18. The van der Waals surface area contributed by atoms with Crippen LogP contribution in [0.15, 0.2) is 40.9 Å². The van der Waals surface area contributed by atoms with Crippen LogP contribution in [0.2, 0.25) is 0 Å². The van der Waals surface area contributed by atoms with Gasteiger partial charge in [0.1, 0.15) is 11.1 Å². The third kappa shape index (κ3) is 3.45. The first-order valence-corrected chi connectivity index (χ1v) is 9.59. The number of carbonyl (C=O) groups excluding carboxylic acids is 3. The smallest absolute Gasteiger partial charge is 0.345 e. The zero-order valence-electron chi connectivity index (χ0n) is 17.4. The normalized spacial score (nSPS) is 12.8. The van der Waals surface area contributed by atoms with E-state index in [0.717, 1.165) is 6.07 Å². The third-order valence-corrected chi connectivity index (χ3v) is 4.93. The molecule has 0 unspecified atom stereocenters. The van der Waals surface area contributed by atoms with Crippen molar-refractivity contribution >= 4 is 23.2 Å². The first-order valence-electron chi connectivity index (χ1n) is 9.59. The highest BCUT2D eigenvalue weighted by Crippen LogP contribution is 2.35. The van der Waals surface area contributed by atoms with Gasteiger partial charge in [-0.05, 0) is 12.1 Å². The van der Waals surface area contributed by atoms with E-state index in [0.29, 0.717) is 5.82 Å². The fourth-order valence-corrected chi connectivity index (χ4v) is 3.35. The molecule has 4 rings (SSSR count). The maximum atomic E-state index is 13.0. The number of carbonyl (C=O) groups is 3. The van der Waals surface area contributed by atoms with Gasteiger partial charge in [-0.1, -0.05) is 50.2 Å². The van der Waals surface area contributed by atoms with Gasteiger partial charge in [0.25, 0.3) is 11.6 Å². The van der Waals surface area contributed by atoms with Crippen LogP contribution in [-0.4, -0.2) is 32.6 Å². The Balaban J connectivity index is 1.69. The van der Waals surface area contributed by atoms with Gasteiger partial charge in [-0.15, -0.1) is 0 Å². The number of aromatic nitrogens is 2. The van der Waals surface area contributed by atoms with Gasteiger partial charge in [-0.3, -0.25) is 19.7 Å². The molecule has 0 N–H and O–H groups in total. The molecule has 162 valence electrons. The number of nitro benzene ring substituents is 1. The van der Waals surface area contributed by atoms with Crippen molar-refractivity contribution in [2.24, 2.45) is 0 Å². The van der Waals surface area contributed by atoms with Crippen molar-refractivity contribution in [3.05, 3.63) is 86.0 Å². The molecule has 1 aromatic heterocycles. The Bertz CT molecular complexity index is 1300. The summed E-state index contributed by atoms with van der Waals surface area (Å²) >= 11 is 0. The van der Waals surface area contributed by atoms with Gasteiger partial charge in [-0.2, -0.15) is 4.98 Å². The summed E-state index contributed by atoms with van der Waals surface area (Å²) in [5.74, 6) is -1.87. The predicted octanol–water partition coefficient (Wildman–Crippen LogP) is 3.41. The van der Waals surface area contributed by atoms with E-state index in [-0.39, 0.29) is 28.0 Å². The van der Waals surface area contributed by atoms with E-state index in [9.17, 15) is 24.5 Å². The van der Waals surface area contributed by atoms with Gasteiger partial charge < -0.3 is 9.26 Å². The quantitative estimate of drug-likeness (QED) is 0.268. The van der Waals surface area contributed by atoms with Gasteiger partial charge >= 0.3 is 5.97 Å². The zero-order valence-corrected chi connectivity index (χ0v) is 17.4. The van der Waals surface area contributed by atoms with Crippen molar-refractivity contribution in [2.75, 3.05) is 0 Å². The van der Waals surface area contributed by atoms with Crippen molar-refractivity contribution in [2.45, 2.75) is 32.8 Å². The molecule has 0 spiro atoms. The van der Waals surface area contributed by atoms with Crippen LogP contribution in [0.25, 0.3) is 0 Å². The summed E-state index contributed by atoms with van der Waals surface area (Å²) in [5, 5.41) is 15.7. The molecule has 0 bridgehead atoms. The first kappa shape index (κ1) is 21.0. The molecular weight excluding hydrogens is 418 g/mol. The SMILES string of the molecule is CC(C)(C)c1noc(COC(=O)c2ccc3c(c2[N+](=O)[O-])C(=O)c2ccccc2C3=O)n1. The Kier molecular flexibility index (Phi) is 4.92. The molecule has 10 heteroatoms. The molecule has 0 saturated heterocycles. The number of fused-ring (bicyclic) bond motifs is 2. The number of hydrogen-bond acceptors (Lipinski definition) is 9. The number of nitrogens with zero attached hydrogens (tertiary/aromatic N) is 3. The van der Waals surface area contributed by atoms with Crippen LogP contribution in [0.5, 0.6) is 0 Å². The zero-order chi connectivity index (χ0) is 23.2. The number of ketones is 2. The van der Waals surface area contributed by atoms with Gasteiger partial charge in [-0.25, -0.2) is 4.79 Å². The average Bonchev–Trinajstić information content (AvgIpc) is 3.24. The molecule has 3 aromatic rings. The summed E-state index contributed by atoms with van der Waals surface area (Å²) < 4.78 is 10.2. The van der Waals surface area contributed by atoms with Crippen LogP contribution < -0.4 is 0 Å². The molecule has 32 heavy (non-hydrogen) atoms. The Morgan fingerprint density at radius 1 is 1.06 bits per heavy atom. The molecule has 0 radical (unpaired) electrons. The predicted molar refractivity (Wildman–Crippen MR) is 109 cm³/mol. The summed E-state index contributed by atoms with van der Waals surface area (Å²) in [6, 6.07) is 8.36. The maximum Gasteiger partial charge on any atom is 0.345 e. The van der Waals surface area contributed by atoms with Crippen LogP contribution in [0.4, 0.5) is 5.69 Å². The van der Waals surface area contributed by atoms with Crippen LogP contribution >= 0.6 is 0 Å². The molecule has 0 atom stereocenters. The van der Waals surface area contributed by atoms with Crippen molar-refractivity contribution in [3.63, 3.8) is 0 Å². The third-order valence-electron chi connectivity index (χ3n) is 4.93. The molecule has 0 amide bonds. The second kappa shape index (κ2) is 7.49. The largest absolute Gasteiger partial charge is 0.452 e. The maximum absolute atomic E-state index is 13.0. The number of rotatable bonds is 4. The van der Waals surface area contributed by atoms with E-state index < -0.39 is 45.9 Å². The molecule has 2 aromatic carbocycles. The Morgan fingerprint density at radius 3 is 2.31 bits per heavy atom. The summed E-state index contributed by atoms with van der Waals surface area (Å²) in [7, 11) is 0. The molecule has 10 nitrogen and oxygen atoms in total. The van der Waals surface area contributed by atoms with Gasteiger partial charge in [0.15, 0.2) is 18.2 Å². The number of esters is 1. The lowest BCUT2D eigenvalue weighted by atomic mass is 9.82. The van der Waals surface area contributed by atoms with Crippen LogP contribution in [0.1, 0.15) is 74.7 Å². The summed E-state index contributed by atoms with van der Waals surface area (Å²) in [6.07, 6.45) is 0. The Morgan fingerprint density at radius 2 is 1.72 bits per heavy atom. The first-order chi connectivity index (χ1) is 15.1. The van der Waals surface area contributed by atoms with E-state index in [1.165, 1.54) is 18.2 Å². The van der Waals surface area contributed by atoms with Crippen molar-refractivity contribution in [1.82, 2.24) is 10.1 Å². The minimum Gasteiger partial charge on any atom is -0.452 e. The summed E-state index contributed by atoms with van der Waals surface area (Å²) in [4.78, 5) is 53.5. The lowest BCUT2D eigenvalue weighted by Crippen LogP contribution is -2.23. The molecule has 1 aliphatic carbocycles. The highest BCUT2D eigenvalue weighted by Gasteiger charge is 2.39. The van der Waals surface area contributed by atoms with E-state index in [1.54, 1.807) is 12.1 Å². The van der Waals surface area contributed by atoms with Gasteiger partial charge in [0, 0.05) is 22.1 Å². The number of hydrogen-bond donors (Lipinski definition) is 0. The van der Waals surface area contributed by atoms with Crippen LogP contribution in [0, 0.1) is 10.1 Å². The fraction of sp³-hybridized carbons (Fsp3) is 0.227. The van der Waals surface area contributed by atoms with Gasteiger partial charge in [0.2, 0.25) is 5.78 Å². The van der Waals surface area contributed by atoms with E-state index in [1.807, 2.05) is 20.8 Å². The van der Waals surface area contributed by atoms with E-state index in [2.05, 4.69) is 10.1 Å². The van der Waals surface area contributed by atoms with E-state index >= 15 is 0 Å². The summed E-state index contributed by atoms with van der Waals surface area (Å²) in [6.45, 7) is 5.22. The Hall–Kier alpha value is -4.21. The topological polar surface area (TPSA) is 142 Å². The van der Waals surface area contributed by atoms with Crippen LogP contribution in [-0.2, 0) is 16.8 Å². The fourth-order valence-electron chi connectivity index (χ4n) is 3.35. The number of ether oxygens (including phenoxy) is 1. The molecule has 1 aliphatic rings. The Labute approximate surface area is 181 Å². The van der Waals surface area contributed by atoms with Crippen molar-refractivity contribution in [3.8, 4) is 0 Å². The lowest BCUT2D eigenvalue weighted by Gasteiger charge is -2.18. The van der Waals surface area contributed by atoms with Crippen LogP contribution in [0.3, 0.4) is 0 Å². The minimum atomic E-state index is -1.06. The highest BCUT2D eigenvalue weighted by molar-refractivity contribution is 6.30. The van der Waals surface area contributed by atoms with E-state index in [4.69, 9.17) is 9.26 Å². The standard InChI is InChI=1S/C22H17N3O7/c1-22(2,3)21-23-15(32-24-21)10-31-20(28)14-9-8-13-16(17(14)25(29)30)19(27)12-7-5-4-6-11(12)18(13)26/h4-9H,10H2,1-3H3. The minimum absolute atomic E-state index is 0.0177. The monoisotopic (exact) mass is 435 g/mol.